The number of ether oxygens (including phenoxy) is 1. The summed E-state index contributed by atoms with van der Waals surface area (Å²) < 4.78 is 7.95. The zero-order chi connectivity index (χ0) is 25.1. The van der Waals surface area contributed by atoms with Crippen molar-refractivity contribution in [1.29, 1.82) is 0 Å². The van der Waals surface area contributed by atoms with Gasteiger partial charge in [0.1, 0.15) is 11.5 Å². The Labute approximate surface area is 229 Å². The second-order valence-corrected chi connectivity index (χ2v) is 12.0. The predicted octanol–water partition coefficient (Wildman–Crippen LogP) is 9.88. The van der Waals surface area contributed by atoms with Crippen LogP contribution in [-0.2, 0) is 10.8 Å². The molecule has 1 nitrogen and oxygen atoms in total. The lowest BCUT2D eigenvalue weighted by Crippen LogP contribution is -2.33. The summed E-state index contributed by atoms with van der Waals surface area (Å²) in [5.74, 6) is 1.85. The van der Waals surface area contributed by atoms with Gasteiger partial charge in [0, 0.05) is 27.1 Å². The number of benzene rings is 5. The average Bonchev–Trinajstić information content (AvgIpc) is 3.32. The van der Waals surface area contributed by atoms with E-state index in [4.69, 9.17) is 16.3 Å². The molecule has 0 radical (unpaired) electrons. The highest BCUT2D eigenvalue weighted by atomic mass is 79.9. The van der Waals surface area contributed by atoms with Gasteiger partial charge in [-0.3, -0.25) is 0 Å². The van der Waals surface area contributed by atoms with Crippen molar-refractivity contribution in [2.24, 2.45) is 0 Å². The lowest BCUT2D eigenvalue weighted by molar-refractivity contribution is 0.420. The molecule has 5 aromatic carbocycles. The Balaban J connectivity index is 1.56. The zero-order valence-electron chi connectivity index (χ0n) is 20.4. The highest BCUT2D eigenvalue weighted by Gasteiger charge is 2.53. The van der Waals surface area contributed by atoms with Gasteiger partial charge in [0.2, 0.25) is 0 Å². The smallest absolute Gasteiger partial charge is 0.146 e. The molecule has 0 saturated carbocycles. The third-order valence-corrected chi connectivity index (χ3v) is 9.52. The molecule has 0 aromatic heterocycles. The maximum absolute atomic E-state index is 6.99. The van der Waals surface area contributed by atoms with E-state index in [1.165, 1.54) is 55.6 Å². The molecular weight excluding hydrogens is 540 g/mol. The fraction of sp³-hybridized carbons (Fsp3) is 0.118. The lowest BCUT2D eigenvalue weighted by atomic mass is 9.65. The Morgan fingerprint density at radius 2 is 1.19 bits per heavy atom. The van der Waals surface area contributed by atoms with Crippen molar-refractivity contribution < 1.29 is 4.74 Å². The van der Waals surface area contributed by atoms with Crippen LogP contribution in [0.15, 0.2) is 102 Å². The maximum Gasteiger partial charge on any atom is 0.146 e. The Morgan fingerprint density at radius 3 is 1.92 bits per heavy atom. The highest BCUT2D eigenvalue weighted by molar-refractivity contribution is 9.10. The number of hydrogen-bond donors (Lipinski definition) is 0. The van der Waals surface area contributed by atoms with Gasteiger partial charge in [0.25, 0.3) is 0 Å². The van der Waals surface area contributed by atoms with Gasteiger partial charge in [0.15, 0.2) is 0 Å². The van der Waals surface area contributed by atoms with E-state index in [2.05, 4.69) is 121 Å². The lowest BCUT2D eigenvalue weighted by Gasteiger charge is -2.41. The van der Waals surface area contributed by atoms with Crippen molar-refractivity contribution in [2.45, 2.75) is 24.7 Å². The van der Waals surface area contributed by atoms with Crippen molar-refractivity contribution in [3.63, 3.8) is 0 Å². The fourth-order valence-electron chi connectivity index (χ4n) is 7.20. The zero-order valence-corrected chi connectivity index (χ0v) is 22.7. The van der Waals surface area contributed by atoms with Crippen LogP contribution in [0.1, 0.15) is 47.2 Å². The van der Waals surface area contributed by atoms with Gasteiger partial charge in [-0.25, -0.2) is 0 Å². The summed E-state index contributed by atoms with van der Waals surface area (Å²) in [5.41, 5.74) is 11.7. The maximum atomic E-state index is 6.99. The largest absolute Gasteiger partial charge is 0.455 e. The van der Waals surface area contributed by atoms with E-state index in [-0.39, 0.29) is 5.41 Å². The SMILES string of the molecule is CC1(C)c2cc(Cl)ccc2-c2ccc3c(c21)Oc1c(Br)cccc1C31c2ccccc2-c2ccccc21. The Bertz CT molecular complexity index is 1770. The molecule has 37 heavy (non-hydrogen) atoms. The van der Waals surface area contributed by atoms with Gasteiger partial charge in [-0.2, -0.15) is 0 Å². The molecule has 1 aliphatic heterocycles. The molecule has 0 bridgehead atoms. The Hall–Kier alpha value is -3.33. The number of para-hydroxylation sites is 1. The van der Waals surface area contributed by atoms with E-state index in [1.54, 1.807) is 0 Å². The molecule has 3 heteroatoms. The van der Waals surface area contributed by atoms with Crippen LogP contribution in [-0.4, -0.2) is 0 Å². The topological polar surface area (TPSA) is 9.23 Å². The van der Waals surface area contributed by atoms with Gasteiger partial charge in [-0.15, -0.1) is 0 Å². The molecule has 178 valence electrons. The van der Waals surface area contributed by atoms with Gasteiger partial charge in [0.05, 0.1) is 9.89 Å². The Kier molecular flexibility index (Phi) is 4.20. The predicted molar refractivity (Wildman–Crippen MR) is 154 cm³/mol. The number of fused-ring (bicyclic) bond motifs is 13. The molecular formula is C34H22BrClO. The number of hydrogen-bond acceptors (Lipinski definition) is 1. The van der Waals surface area contributed by atoms with Crippen LogP contribution in [0.4, 0.5) is 0 Å². The molecule has 0 fully saturated rings. The van der Waals surface area contributed by atoms with Gasteiger partial charge >= 0.3 is 0 Å². The van der Waals surface area contributed by atoms with E-state index in [0.29, 0.717) is 0 Å². The van der Waals surface area contributed by atoms with Crippen LogP contribution >= 0.6 is 27.5 Å². The number of halogens is 2. The second kappa shape index (κ2) is 7.16. The first kappa shape index (κ1) is 21.7. The summed E-state index contributed by atoms with van der Waals surface area (Å²) in [6.07, 6.45) is 0. The van der Waals surface area contributed by atoms with Gasteiger partial charge < -0.3 is 4.74 Å². The molecule has 2 aliphatic carbocycles. The van der Waals surface area contributed by atoms with E-state index in [1.807, 2.05) is 6.07 Å². The quantitative estimate of drug-likeness (QED) is 0.179. The molecule has 0 atom stereocenters. The molecule has 5 aromatic rings. The minimum atomic E-state index is -0.475. The molecule has 0 saturated heterocycles. The standard InChI is InChI=1S/C34H22BrClO/c1-33(2)28-18-19(36)14-15-22(28)23-16-17-27-32(30(23)33)37-31-26(12-7-13-29(31)35)34(27)24-10-5-3-8-20(24)21-9-4-6-11-25(21)34/h3-18H,1-2H3. The number of rotatable bonds is 0. The Morgan fingerprint density at radius 1 is 0.595 bits per heavy atom. The third kappa shape index (κ3) is 2.51. The molecule has 3 aliphatic rings. The molecule has 1 spiro atoms. The van der Waals surface area contributed by atoms with Crippen molar-refractivity contribution in [2.75, 3.05) is 0 Å². The fourth-order valence-corrected chi connectivity index (χ4v) is 7.82. The van der Waals surface area contributed by atoms with Gasteiger partial charge in [-0.1, -0.05) is 104 Å². The minimum Gasteiger partial charge on any atom is -0.455 e. The van der Waals surface area contributed by atoms with Gasteiger partial charge in [-0.05, 0) is 73.1 Å². The summed E-state index contributed by atoms with van der Waals surface area (Å²) in [7, 11) is 0. The van der Waals surface area contributed by atoms with Crippen molar-refractivity contribution in [3.8, 4) is 33.8 Å². The average molecular weight is 562 g/mol. The first-order valence-electron chi connectivity index (χ1n) is 12.6. The third-order valence-electron chi connectivity index (χ3n) is 8.66. The van der Waals surface area contributed by atoms with E-state index < -0.39 is 5.41 Å². The molecule has 1 heterocycles. The van der Waals surface area contributed by atoms with E-state index >= 15 is 0 Å². The van der Waals surface area contributed by atoms with Crippen LogP contribution in [0.5, 0.6) is 11.5 Å². The summed E-state index contributed by atoms with van der Waals surface area (Å²) >= 11 is 10.3. The molecule has 8 rings (SSSR count). The minimum absolute atomic E-state index is 0.265. The monoisotopic (exact) mass is 560 g/mol. The first-order valence-corrected chi connectivity index (χ1v) is 13.8. The molecule has 0 amide bonds. The van der Waals surface area contributed by atoms with E-state index in [9.17, 15) is 0 Å². The van der Waals surface area contributed by atoms with Crippen LogP contribution < -0.4 is 4.74 Å². The first-order chi connectivity index (χ1) is 17.9. The highest BCUT2D eigenvalue weighted by Crippen LogP contribution is 2.66. The molecule has 0 N–H and O–H groups in total. The summed E-state index contributed by atoms with van der Waals surface area (Å²) in [4.78, 5) is 0. The second-order valence-electron chi connectivity index (χ2n) is 10.7. The van der Waals surface area contributed by atoms with Crippen molar-refractivity contribution in [3.05, 3.63) is 140 Å². The van der Waals surface area contributed by atoms with Crippen LogP contribution in [0, 0.1) is 0 Å². The van der Waals surface area contributed by atoms with Crippen LogP contribution in [0.25, 0.3) is 22.3 Å². The normalized spacial score (nSPS) is 16.2. The summed E-state index contributed by atoms with van der Waals surface area (Å²) in [5, 5.41) is 0.762. The van der Waals surface area contributed by atoms with Crippen LogP contribution in [0.2, 0.25) is 5.02 Å². The van der Waals surface area contributed by atoms with Crippen LogP contribution in [0.3, 0.4) is 0 Å². The van der Waals surface area contributed by atoms with Crippen molar-refractivity contribution in [1.82, 2.24) is 0 Å². The molecule has 0 unspecified atom stereocenters. The summed E-state index contributed by atoms with van der Waals surface area (Å²) in [6, 6.07) is 35.0. The summed E-state index contributed by atoms with van der Waals surface area (Å²) in [6.45, 7) is 4.58. The van der Waals surface area contributed by atoms with Crippen molar-refractivity contribution >= 4 is 27.5 Å². The van der Waals surface area contributed by atoms with E-state index in [0.717, 1.165) is 21.0 Å².